The molecule has 1 rings (SSSR count). The van der Waals surface area contributed by atoms with E-state index < -0.39 is 0 Å². The van der Waals surface area contributed by atoms with Gasteiger partial charge in [0.1, 0.15) is 0 Å². The Morgan fingerprint density at radius 1 is 1.53 bits per heavy atom. The Labute approximate surface area is 95.1 Å². The van der Waals surface area contributed by atoms with E-state index in [1.165, 1.54) is 7.11 Å². The summed E-state index contributed by atoms with van der Waals surface area (Å²) in [7, 11) is 1.36. The zero-order chi connectivity index (χ0) is 11.3. The Hall–Kier alpha value is -1.40. The van der Waals surface area contributed by atoms with Crippen molar-refractivity contribution in [3.63, 3.8) is 0 Å². The van der Waals surface area contributed by atoms with Crippen molar-refractivity contribution in [3.05, 3.63) is 34.9 Å². The number of aryl methyl sites for hydroxylation is 1. The molecule has 78 valence electrons. The molecule has 1 aromatic carbocycles. The number of methoxy groups -OCH3 is 1. The van der Waals surface area contributed by atoms with Crippen molar-refractivity contribution in [2.45, 2.75) is 6.92 Å². The molecule has 0 radical (unpaired) electrons. The second kappa shape index (κ2) is 5.47. The molecule has 0 saturated carbocycles. The maximum Gasteiger partial charge on any atom is 0.339 e. The minimum atomic E-state index is -0.363. The first kappa shape index (κ1) is 11.7. The van der Waals surface area contributed by atoms with Crippen LogP contribution in [0.1, 0.15) is 21.5 Å². The average molecular weight is 220 g/mol. The van der Waals surface area contributed by atoms with Gasteiger partial charge in [0, 0.05) is 5.56 Å². The van der Waals surface area contributed by atoms with Crippen molar-refractivity contribution >= 4 is 18.6 Å². The molecule has 0 bridgehead atoms. The maximum atomic E-state index is 11.4. The van der Waals surface area contributed by atoms with Gasteiger partial charge in [-0.1, -0.05) is 17.9 Å². The van der Waals surface area contributed by atoms with Crippen LogP contribution < -0.4 is 0 Å². The summed E-state index contributed by atoms with van der Waals surface area (Å²) in [5.41, 5.74) is 2.25. The molecule has 0 aliphatic heterocycles. The lowest BCUT2D eigenvalue weighted by Gasteiger charge is -2.03. The second-order valence-electron chi connectivity index (χ2n) is 3.00. The van der Waals surface area contributed by atoms with Crippen LogP contribution in [0.5, 0.6) is 0 Å². The van der Waals surface area contributed by atoms with Crippen LogP contribution >= 0.6 is 12.6 Å². The van der Waals surface area contributed by atoms with Gasteiger partial charge in [-0.05, 0) is 24.6 Å². The molecule has 0 unspecified atom stereocenters. The monoisotopic (exact) mass is 220 g/mol. The van der Waals surface area contributed by atoms with E-state index in [9.17, 15) is 4.79 Å². The quantitative estimate of drug-likeness (QED) is 0.445. The number of carbonyl (C=O) groups is 1. The van der Waals surface area contributed by atoms with Crippen LogP contribution in [0.15, 0.2) is 18.2 Å². The summed E-state index contributed by atoms with van der Waals surface area (Å²) in [6.07, 6.45) is 0. The lowest BCUT2D eigenvalue weighted by Crippen LogP contribution is -2.04. The summed E-state index contributed by atoms with van der Waals surface area (Å²) in [6, 6.07) is 5.45. The molecule has 3 heteroatoms. The standard InChI is InChI=1S/C12H12O2S/c1-9-5-6-11(12(13)14-2)10(8-9)4-3-7-15/h5-6,8,15H,7H2,1-2H3. The van der Waals surface area contributed by atoms with Crippen LogP contribution in [0.25, 0.3) is 0 Å². The molecule has 0 N–H and O–H groups in total. The number of hydrogen-bond acceptors (Lipinski definition) is 3. The van der Waals surface area contributed by atoms with Crippen molar-refractivity contribution in [1.29, 1.82) is 0 Å². The summed E-state index contributed by atoms with van der Waals surface area (Å²) < 4.78 is 4.67. The molecule has 0 aliphatic rings. The lowest BCUT2D eigenvalue weighted by atomic mass is 10.1. The van der Waals surface area contributed by atoms with Gasteiger partial charge in [0.25, 0.3) is 0 Å². The van der Waals surface area contributed by atoms with Crippen molar-refractivity contribution in [2.75, 3.05) is 12.9 Å². The lowest BCUT2D eigenvalue weighted by molar-refractivity contribution is 0.0600. The summed E-state index contributed by atoms with van der Waals surface area (Å²) in [5, 5.41) is 0. The van der Waals surface area contributed by atoms with Crippen molar-refractivity contribution < 1.29 is 9.53 Å². The molecular formula is C12H12O2S. The van der Waals surface area contributed by atoms with Crippen LogP contribution in [0, 0.1) is 18.8 Å². The summed E-state index contributed by atoms with van der Waals surface area (Å²) >= 11 is 4.00. The topological polar surface area (TPSA) is 26.3 Å². The smallest absolute Gasteiger partial charge is 0.339 e. The van der Waals surface area contributed by atoms with E-state index in [4.69, 9.17) is 0 Å². The summed E-state index contributed by atoms with van der Waals surface area (Å²) in [5.74, 6) is 5.81. The molecule has 2 nitrogen and oxygen atoms in total. The van der Waals surface area contributed by atoms with E-state index in [1.54, 1.807) is 6.07 Å². The highest BCUT2D eigenvalue weighted by molar-refractivity contribution is 7.80. The van der Waals surface area contributed by atoms with E-state index in [0.717, 1.165) is 5.56 Å². The fraction of sp³-hybridized carbons (Fsp3) is 0.250. The largest absolute Gasteiger partial charge is 0.465 e. The van der Waals surface area contributed by atoms with Crippen LogP contribution in [-0.4, -0.2) is 18.8 Å². The molecular weight excluding hydrogens is 208 g/mol. The van der Waals surface area contributed by atoms with Crippen molar-refractivity contribution in [1.82, 2.24) is 0 Å². The minimum absolute atomic E-state index is 0.363. The highest BCUT2D eigenvalue weighted by Crippen LogP contribution is 2.11. The van der Waals surface area contributed by atoms with E-state index >= 15 is 0 Å². The number of benzene rings is 1. The number of esters is 1. The molecule has 0 aromatic heterocycles. The zero-order valence-corrected chi connectivity index (χ0v) is 9.60. The number of carbonyl (C=O) groups excluding carboxylic acids is 1. The van der Waals surface area contributed by atoms with Crippen molar-refractivity contribution in [3.8, 4) is 11.8 Å². The Morgan fingerprint density at radius 3 is 2.87 bits per heavy atom. The van der Waals surface area contributed by atoms with Crippen LogP contribution in [0.4, 0.5) is 0 Å². The highest BCUT2D eigenvalue weighted by atomic mass is 32.1. The average Bonchev–Trinajstić information content (AvgIpc) is 2.25. The molecule has 0 amide bonds. The van der Waals surface area contributed by atoms with Gasteiger partial charge in [-0.25, -0.2) is 4.79 Å². The van der Waals surface area contributed by atoms with Crippen molar-refractivity contribution in [2.24, 2.45) is 0 Å². The Balaban J connectivity index is 3.20. The maximum absolute atomic E-state index is 11.4. The minimum Gasteiger partial charge on any atom is -0.465 e. The first-order valence-electron chi connectivity index (χ1n) is 4.47. The van der Waals surface area contributed by atoms with E-state index in [2.05, 4.69) is 29.2 Å². The fourth-order valence-electron chi connectivity index (χ4n) is 1.18. The van der Waals surface area contributed by atoms with Gasteiger partial charge >= 0.3 is 5.97 Å². The molecule has 0 heterocycles. The SMILES string of the molecule is COC(=O)c1ccc(C)cc1C#CCS. The summed E-state index contributed by atoms with van der Waals surface area (Å²) in [4.78, 5) is 11.4. The number of hydrogen-bond donors (Lipinski definition) is 1. The Morgan fingerprint density at radius 2 is 2.27 bits per heavy atom. The molecule has 1 aromatic rings. The zero-order valence-electron chi connectivity index (χ0n) is 8.70. The predicted octanol–water partition coefficient (Wildman–Crippen LogP) is 2.06. The van der Waals surface area contributed by atoms with Gasteiger partial charge in [-0.15, -0.1) is 0 Å². The van der Waals surface area contributed by atoms with Crippen LogP contribution in [0.2, 0.25) is 0 Å². The molecule has 0 aliphatic carbocycles. The van der Waals surface area contributed by atoms with Gasteiger partial charge < -0.3 is 4.74 Å². The van der Waals surface area contributed by atoms with Crippen LogP contribution in [0.3, 0.4) is 0 Å². The molecule has 0 fully saturated rings. The second-order valence-corrected chi connectivity index (χ2v) is 3.32. The predicted molar refractivity (Wildman–Crippen MR) is 63.2 cm³/mol. The molecule has 0 atom stereocenters. The van der Waals surface area contributed by atoms with Crippen LogP contribution in [-0.2, 0) is 4.74 Å². The molecule has 15 heavy (non-hydrogen) atoms. The number of thiol groups is 1. The van der Waals surface area contributed by atoms with E-state index in [1.807, 2.05) is 19.1 Å². The van der Waals surface area contributed by atoms with Gasteiger partial charge in [0.05, 0.1) is 18.4 Å². The molecule has 0 saturated heterocycles. The Bertz CT molecular complexity index is 427. The van der Waals surface area contributed by atoms with E-state index in [0.29, 0.717) is 16.9 Å². The third kappa shape index (κ3) is 3.03. The first-order valence-corrected chi connectivity index (χ1v) is 5.11. The number of ether oxygens (including phenoxy) is 1. The Kier molecular flexibility index (Phi) is 4.26. The van der Waals surface area contributed by atoms with E-state index in [-0.39, 0.29) is 5.97 Å². The van der Waals surface area contributed by atoms with Gasteiger partial charge in [-0.2, -0.15) is 12.6 Å². The number of rotatable bonds is 1. The fourth-order valence-corrected chi connectivity index (χ4v) is 1.26. The molecule has 0 spiro atoms. The summed E-state index contributed by atoms with van der Waals surface area (Å²) in [6.45, 7) is 1.95. The third-order valence-corrected chi connectivity index (χ3v) is 2.04. The van der Waals surface area contributed by atoms with Gasteiger partial charge in [0.2, 0.25) is 0 Å². The van der Waals surface area contributed by atoms with Gasteiger partial charge in [-0.3, -0.25) is 0 Å². The normalized spacial score (nSPS) is 9.00. The van der Waals surface area contributed by atoms with Gasteiger partial charge in [0.15, 0.2) is 0 Å². The first-order chi connectivity index (χ1) is 7.19. The third-order valence-electron chi connectivity index (χ3n) is 1.88. The highest BCUT2D eigenvalue weighted by Gasteiger charge is 2.09.